The van der Waals surface area contributed by atoms with E-state index >= 15 is 0 Å². The Balaban J connectivity index is 1.55. The van der Waals surface area contributed by atoms with E-state index in [1.54, 1.807) is 4.31 Å². The number of piperidine rings is 1. The quantitative estimate of drug-likeness (QED) is 0.838. The molecule has 5 nitrogen and oxygen atoms in total. The van der Waals surface area contributed by atoms with Crippen molar-refractivity contribution in [3.8, 4) is 0 Å². The highest BCUT2D eigenvalue weighted by Gasteiger charge is 2.32. The minimum Gasteiger partial charge on any atom is -0.376 e. The fourth-order valence-corrected chi connectivity index (χ4v) is 5.10. The van der Waals surface area contributed by atoms with Gasteiger partial charge in [-0.2, -0.15) is 0 Å². The predicted octanol–water partition coefficient (Wildman–Crippen LogP) is 1.70. The summed E-state index contributed by atoms with van der Waals surface area (Å²) in [6, 6.07) is 9.92. The van der Waals surface area contributed by atoms with Crippen molar-refractivity contribution in [2.24, 2.45) is 0 Å². The normalized spacial score (nSPS) is 25.5. The van der Waals surface area contributed by atoms with E-state index in [9.17, 15) is 8.42 Å². The van der Waals surface area contributed by atoms with Crippen LogP contribution in [0.1, 0.15) is 25.3 Å². The average Bonchev–Trinajstić information content (AvgIpc) is 2.55. The fourth-order valence-electron chi connectivity index (χ4n) is 3.54. The molecule has 1 aromatic rings. The van der Waals surface area contributed by atoms with Gasteiger partial charge in [-0.05, 0) is 25.3 Å². The minimum absolute atomic E-state index is 0.104. The molecule has 0 amide bonds. The first kappa shape index (κ1) is 16.9. The standard InChI is InChI=1S/C17H26N2O3S/c1-15-13-18(11-12-22-15)17-7-9-19(10-8-17)23(20,21)14-16-5-3-2-4-6-16/h2-6,15,17H,7-14H2,1H3/t15-/m1/s1. The zero-order chi connectivity index (χ0) is 16.3. The van der Waals surface area contributed by atoms with Crippen molar-refractivity contribution in [1.29, 1.82) is 0 Å². The highest BCUT2D eigenvalue weighted by molar-refractivity contribution is 7.88. The lowest BCUT2D eigenvalue weighted by molar-refractivity contribution is -0.0406. The van der Waals surface area contributed by atoms with Crippen LogP contribution in [0.5, 0.6) is 0 Å². The molecule has 2 fully saturated rings. The van der Waals surface area contributed by atoms with Crippen LogP contribution >= 0.6 is 0 Å². The molecular weight excluding hydrogens is 312 g/mol. The average molecular weight is 338 g/mol. The highest BCUT2D eigenvalue weighted by atomic mass is 32.2. The Labute approximate surface area is 139 Å². The van der Waals surface area contributed by atoms with Crippen molar-refractivity contribution < 1.29 is 13.2 Å². The van der Waals surface area contributed by atoms with Crippen molar-refractivity contribution in [2.75, 3.05) is 32.8 Å². The molecule has 0 saturated carbocycles. The van der Waals surface area contributed by atoms with Gasteiger partial charge in [0.2, 0.25) is 10.0 Å². The Kier molecular flexibility index (Phi) is 5.36. The summed E-state index contributed by atoms with van der Waals surface area (Å²) in [7, 11) is -3.21. The Morgan fingerprint density at radius 3 is 2.48 bits per heavy atom. The first-order valence-corrected chi connectivity index (χ1v) is 10.0. The van der Waals surface area contributed by atoms with Gasteiger partial charge in [-0.3, -0.25) is 4.90 Å². The molecule has 0 N–H and O–H groups in total. The van der Waals surface area contributed by atoms with Crippen LogP contribution in [0, 0.1) is 0 Å². The zero-order valence-corrected chi connectivity index (χ0v) is 14.5. The summed E-state index contributed by atoms with van der Waals surface area (Å²) in [5.74, 6) is 0.104. The second-order valence-corrected chi connectivity index (χ2v) is 8.52. The monoisotopic (exact) mass is 338 g/mol. The van der Waals surface area contributed by atoms with Crippen molar-refractivity contribution in [2.45, 2.75) is 37.7 Å². The summed E-state index contributed by atoms with van der Waals surface area (Å²) in [5.41, 5.74) is 0.858. The van der Waals surface area contributed by atoms with Gasteiger partial charge in [0.15, 0.2) is 0 Å². The van der Waals surface area contributed by atoms with Crippen molar-refractivity contribution in [3.63, 3.8) is 0 Å². The summed E-state index contributed by atoms with van der Waals surface area (Å²) in [4.78, 5) is 2.47. The molecule has 23 heavy (non-hydrogen) atoms. The molecule has 0 unspecified atom stereocenters. The number of rotatable bonds is 4. The van der Waals surface area contributed by atoms with E-state index in [-0.39, 0.29) is 11.9 Å². The zero-order valence-electron chi connectivity index (χ0n) is 13.7. The molecule has 0 bridgehead atoms. The van der Waals surface area contributed by atoms with Gasteiger partial charge < -0.3 is 4.74 Å². The van der Waals surface area contributed by atoms with Crippen LogP contribution in [-0.2, 0) is 20.5 Å². The molecule has 6 heteroatoms. The van der Waals surface area contributed by atoms with E-state index in [0.717, 1.165) is 38.1 Å². The minimum atomic E-state index is -3.21. The summed E-state index contributed by atoms with van der Waals surface area (Å²) in [5, 5.41) is 0. The largest absolute Gasteiger partial charge is 0.376 e. The maximum atomic E-state index is 12.6. The van der Waals surface area contributed by atoms with E-state index < -0.39 is 10.0 Å². The summed E-state index contributed by atoms with van der Waals surface area (Å²) < 4.78 is 32.4. The lowest BCUT2D eigenvalue weighted by Crippen LogP contribution is -2.51. The molecule has 0 aromatic heterocycles. The van der Waals surface area contributed by atoms with Gasteiger partial charge in [-0.15, -0.1) is 0 Å². The summed E-state index contributed by atoms with van der Waals surface area (Å²) in [6.07, 6.45) is 2.12. The Hall–Kier alpha value is -0.950. The number of hydrogen-bond donors (Lipinski definition) is 0. The number of benzene rings is 1. The topological polar surface area (TPSA) is 49.9 Å². The van der Waals surface area contributed by atoms with Gasteiger partial charge in [-0.1, -0.05) is 30.3 Å². The van der Waals surface area contributed by atoms with Gasteiger partial charge in [0, 0.05) is 32.2 Å². The van der Waals surface area contributed by atoms with Crippen LogP contribution in [0.2, 0.25) is 0 Å². The second-order valence-electron chi connectivity index (χ2n) is 6.55. The van der Waals surface area contributed by atoms with E-state index in [2.05, 4.69) is 11.8 Å². The lowest BCUT2D eigenvalue weighted by Gasteiger charge is -2.41. The summed E-state index contributed by atoms with van der Waals surface area (Å²) >= 11 is 0. The highest BCUT2D eigenvalue weighted by Crippen LogP contribution is 2.22. The maximum absolute atomic E-state index is 12.6. The van der Waals surface area contributed by atoms with Gasteiger partial charge in [-0.25, -0.2) is 12.7 Å². The Morgan fingerprint density at radius 2 is 1.83 bits per heavy atom. The van der Waals surface area contributed by atoms with E-state index in [1.165, 1.54) is 0 Å². The molecule has 3 rings (SSSR count). The van der Waals surface area contributed by atoms with Gasteiger partial charge in [0.05, 0.1) is 18.5 Å². The second kappa shape index (κ2) is 7.30. The SMILES string of the molecule is C[C@@H]1CN(C2CCN(S(=O)(=O)Cc3ccccc3)CC2)CCO1. The van der Waals surface area contributed by atoms with Gasteiger partial charge >= 0.3 is 0 Å². The van der Waals surface area contributed by atoms with Crippen LogP contribution in [0.25, 0.3) is 0 Å². The maximum Gasteiger partial charge on any atom is 0.218 e. The number of sulfonamides is 1. The third-order valence-corrected chi connectivity index (χ3v) is 6.65. The molecule has 128 valence electrons. The van der Waals surface area contributed by atoms with Crippen LogP contribution in [0.15, 0.2) is 30.3 Å². The van der Waals surface area contributed by atoms with Crippen LogP contribution in [0.4, 0.5) is 0 Å². The molecule has 1 atom stereocenters. The molecule has 0 aliphatic carbocycles. The molecule has 2 aliphatic rings. The molecule has 2 aliphatic heterocycles. The van der Waals surface area contributed by atoms with Crippen LogP contribution in [0.3, 0.4) is 0 Å². The van der Waals surface area contributed by atoms with Gasteiger partial charge in [0.25, 0.3) is 0 Å². The molecule has 0 radical (unpaired) electrons. The third-order valence-electron chi connectivity index (χ3n) is 4.80. The van der Waals surface area contributed by atoms with E-state index in [1.807, 2.05) is 30.3 Å². The van der Waals surface area contributed by atoms with Crippen molar-refractivity contribution in [1.82, 2.24) is 9.21 Å². The Bertz CT molecular complexity index is 598. The Morgan fingerprint density at radius 1 is 1.13 bits per heavy atom. The fraction of sp³-hybridized carbons (Fsp3) is 0.647. The van der Waals surface area contributed by atoms with Crippen LogP contribution in [-0.4, -0.2) is 62.6 Å². The smallest absolute Gasteiger partial charge is 0.218 e. The number of ether oxygens (including phenoxy) is 1. The third kappa shape index (κ3) is 4.32. The first-order valence-electron chi connectivity index (χ1n) is 8.42. The lowest BCUT2D eigenvalue weighted by atomic mass is 10.0. The molecular formula is C17H26N2O3S. The molecule has 2 saturated heterocycles. The van der Waals surface area contributed by atoms with E-state index in [4.69, 9.17) is 4.74 Å². The first-order chi connectivity index (χ1) is 11.0. The number of nitrogens with zero attached hydrogens (tertiary/aromatic N) is 2. The summed E-state index contributed by atoms with van der Waals surface area (Å²) in [6.45, 7) is 6.07. The number of morpholine rings is 1. The van der Waals surface area contributed by atoms with Crippen LogP contribution < -0.4 is 0 Å². The predicted molar refractivity (Wildman–Crippen MR) is 90.6 cm³/mol. The van der Waals surface area contributed by atoms with Gasteiger partial charge in [0.1, 0.15) is 0 Å². The van der Waals surface area contributed by atoms with Crippen molar-refractivity contribution in [3.05, 3.63) is 35.9 Å². The molecule has 1 aromatic carbocycles. The van der Waals surface area contributed by atoms with E-state index in [0.29, 0.717) is 19.1 Å². The van der Waals surface area contributed by atoms with Crippen molar-refractivity contribution >= 4 is 10.0 Å². The number of hydrogen-bond acceptors (Lipinski definition) is 4. The molecule has 2 heterocycles. The molecule has 0 spiro atoms.